The molecular weight excluding hydrogens is 353 g/mol. The maximum atomic E-state index is 12.2. The summed E-state index contributed by atoms with van der Waals surface area (Å²) in [4.78, 5) is 12.2. The predicted molar refractivity (Wildman–Crippen MR) is 91.6 cm³/mol. The van der Waals surface area contributed by atoms with Crippen LogP contribution in [-0.2, 0) is 14.3 Å². The number of rotatable bonds is 4. The third-order valence-corrected chi connectivity index (χ3v) is 3.59. The maximum absolute atomic E-state index is 12.2. The molecule has 0 saturated heterocycles. The van der Waals surface area contributed by atoms with Crippen LogP contribution in [-0.4, -0.2) is 19.1 Å². The van der Waals surface area contributed by atoms with E-state index in [0.717, 1.165) is 0 Å². The van der Waals surface area contributed by atoms with E-state index >= 15 is 0 Å². The van der Waals surface area contributed by atoms with Gasteiger partial charge in [-0.15, -0.1) is 0 Å². The van der Waals surface area contributed by atoms with Crippen LogP contribution in [0, 0.1) is 0 Å². The first-order valence-electron chi connectivity index (χ1n) is 7.11. The molecule has 24 heavy (non-hydrogen) atoms. The number of amides is 1. The number of hydrogen-bond donors (Lipinski definition) is 1. The lowest BCUT2D eigenvalue weighted by Gasteiger charge is -2.16. The summed E-state index contributed by atoms with van der Waals surface area (Å²) >= 11 is 11.9. The van der Waals surface area contributed by atoms with Crippen LogP contribution in [0.4, 0.5) is 5.69 Å². The summed E-state index contributed by atoms with van der Waals surface area (Å²) < 4.78 is 16.1. The average molecular weight is 366 g/mol. The van der Waals surface area contributed by atoms with Crippen molar-refractivity contribution in [3.05, 3.63) is 64.5 Å². The Balaban J connectivity index is 1.81. The molecule has 0 aromatic heterocycles. The normalized spacial score (nSPS) is 13.3. The van der Waals surface area contributed by atoms with E-state index in [1.807, 2.05) is 0 Å². The number of ether oxygens (including phenoxy) is 3. The Labute approximate surface area is 148 Å². The zero-order valence-corrected chi connectivity index (χ0v) is 13.9. The van der Waals surface area contributed by atoms with Gasteiger partial charge in [0.25, 0.3) is 5.91 Å². The Morgan fingerprint density at radius 1 is 1.04 bits per heavy atom. The van der Waals surface area contributed by atoms with E-state index in [4.69, 9.17) is 37.4 Å². The zero-order chi connectivity index (χ0) is 16.9. The van der Waals surface area contributed by atoms with Gasteiger partial charge in [-0.1, -0.05) is 23.2 Å². The van der Waals surface area contributed by atoms with Gasteiger partial charge < -0.3 is 19.5 Å². The molecule has 2 aromatic rings. The molecule has 7 heteroatoms. The minimum Gasteiger partial charge on any atom is -0.494 e. The monoisotopic (exact) mass is 365 g/mol. The fraction of sp³-hybridized carbons (Fsp3) is 0.118. The molecule has 0 unspecified atom stereocenters. The fourth-order valence-electron chi connectivity index (χ4n) is 1.99. The smallest absolute Gasteiger partial charge is 0.294 e. The van der Waals surface area contributed by atoms with E-state index < -0.39 is 5.91 Å². The molecule has 1 aliphatic rings. The molecule has 0 aliphatic carbocycles. The van der Waals surface area contributed by atoms with Gasteiger partial charge >= 0.3 is 0 Å². The molecule has 1 amide bonds. The highest BCUT2D eigenvalue weighted by Gasteiger charge is 2.17. The van der Waals surface area contributed by atoms with Crippen LogP contribution in [0.25, 0.3) is 0 Å². The van der Waals surface area contributed by atoms with Gasteiger partial charge in [-0.3, -0.25) is 4.79 Å². The van der Waals surface area contributed by atoms with Crippen molar-refractivity contribution in [3.8, 4) is 11.5 Å². The van der Waals surface area contributed by atoms with Crippen molar-refractivity contribution >= 4 is 34.8 Å². The van der Waals surface area contributed by atoms with Crippen LogP contribution in [0.3, 0.4) is 0 Å². The Bertz CT molecular complexity index is 775. The second kappa shape index (κ2) is 7.47. The predicted octanol–water partition coefficient (Wildman–Crippen LogP) is 4.61. The van der Waals surface area contributed by atoms with Gasteiger partial charge in [0.2, 0.25) is 5.76 Å². The summed E-state index contributed by atoms with van der Waals surface area (Å²) in [5.74, 6) is 0.665. The molecule has 1 N–H and O–H groups in total. The van der Waals surface area contributed by atoms with Crippen LogP contribution in [0.15, 0.2) is 54.5 Å². The second-order valence-electron chi connectivity index (χ2n) is 4.85. The second-order valence-corrected chi connectivity index (χ2v) is 5.72. The van der Waals surface area contributed by atoms with Crippen molar-refractivity contribution in [2.45, 2.75) is 0 Å². The minimum absolute atomic E-state index is 0.0960. The molecule has 5 nitrogen and oxygen atoms in total. The first kappa shape index (κ1) is 16.5. The topological polar surface area (TPSA) is 56.8 Å². The lowest BCUT2D eigenvalue weighted by molar-refractivity contribution is -0.117. The highest BCUT2D eigenvalue weighted by Crippen LogP contribution is 2.32. The fourth-order valence-corrected chi connectivity index (χ4v) is 2.29. The summed E-state index contributed by atoms with van der Waals surface area (Å²) in [5.41, 5.74) is 0.414. The van der Waals surface area contributed by atoms with Gasteiger partial charge in [-0.2, -0.15) is 0 Å². The van der Waals surface area contributed by atoms with Crippen LogP contribution in [0.5, 0.6) is 11.5 Å². The van der Waals surface area contributed by atoms with Crippen molar-refractivity contribution in [2.24, 2.45) is 0 Å². The molecular formula is C17H13Cl2NO4. The highest BCUT2D eigenvalue weighted by atomic mass is 35.5. The van der Waals surface area contributed by atoms with Gasteiger partial charge in [-0.25, -0.2) is 0 Å². The van der Waals surface area contributed by atoms with Crippen molar-refractivity contribution in [3.63, 3.8) is 0 Å². The van der Waals surface area contributed by atoms with Gasteiger partial charge in [0.15, 0.2) is 5.75 Å². The van der Waals surface area contributed by atoms with Crippen LogP contribution in [0.1, 0.15) is 0 Å². The highest BCUT2D eigenvalue weighted by molar-refractivity contribution is 6.31. The van der Waals surface area contributed by atoms with Gasteiger partial charge in [0, 0.05) is 10.0 Å². The van der Waals surface area contributed by atoms with E-state index in [0.29, 0.717) is 40.4 Å². The van der Waals surface area contributed by atoms with Crippen LogP contribution < -0.4 is 10.1 Å². The third kappa shape index (κ3) is 4.13. The van der Waals surface area contributed by atoms with E-state index in [2.05, 4.69) is 5.32 Å². The number of nitrogens with one attached hydrogen (secondary N) is 1. The first-order valence-corrected chi connectivity index (χ1v) is 7.86. The Morgan fingerprint density at radius 2 is 1.79 bits per heavy atom. The number of halogens is 2. The third-order valence-electron chi connectivity index (χ3n) is 3.10. The minimum atomic E-state index is -0.446. The molecule has 3 rings (SSSR count). The molecule has 0 bridgehead atoms. The quantitative estimate of drug-likeness (QED) is 0.859. The summed E-state index contributed by atoms with van der Waals surface area (Å²) in [6.45, 7) is 0.738. The summed E-state index contributed by atoms with van der Waals surface area (Å²) in [5, 5.41) is 3.77. The van der Waals surface area contributed by atoms with Crippen molar-refractivity contribution < 1.29 is 19.0 Å². The molecule has 2 aromatic carbocycles. The molecule has 1 heterocycles. The van der Waals surface area contributed by atoms with E-state index in [1.165, 1.54) is 6.26 Å². The number of carbonyl (C=O) groups excluding carboxylic acids is 1. The number of anilines is 1. The number of carbonyl (C=O) groups is 1. The Morgan fingerprint density at radius 3 is 2.50 bits per heavy atom. The first-order chi connectivity index (χ1) is 11.6. The van der Waals surface area contributed by atoms with Crippen molar-refractivity contribution in [2.75, 3.05) is 18.5 Å². The average Bonchev–Trinajstić information content (AvgIpc) is 2.60. The molecule has 0 saturated carbocycles. The Kier molecular flexibility index (Phi) is 5.13. The summed E-state index contributed by atoms with van der Waals surface area (Å²) in [6.07, 6.45) is 1.28. The standard InChI is InChI=1S/C17H13Cl2NO4/c18-11-1-4-13(5-2-11)24-15-6-3-12(19)9-14(15)20-17(21)16-10-22-7-8-23-16/h1-6,9-10H,7-8H2,(H,20,21). The van der Waals surface area contributed by atoms with Gasteiger partial charge in [0.1, 0.15) is 25.2 Å². The van der Waals surface area contributed by atoms with Crippen LogP contribution >= 0.6 is 23.2 Å². The van der Waals surface area contributed by atoms with Gasteiger partial charge in [0.05, 0.1) is 5.69 Å². The van der Waals surface area contributed by atoms with Crippen molar-refractivity contribution in [1.82, 2.24) is 0 Å². The van der Waals surface area contributed by atoms with Gasteiger partial charge in [-0.05, 0) is 42.5 Å². The maximum Gasteiger partial charge on any atom is 0.294 e. The lowest BCUT2D eigenvalue weighted by atomic mass is 10.2. The molecule has 0 atom stereocenters. The number of benzene rings is 2. The largest absolute Gasteiger partial charge is 0.494 e. The SMILES string of the molecule is O=C(Nc1cc(Cl)ccc1Oc1ccc(Cl)cc1)C1=COCCO1. The van der Waals surface area contributed by atoms with E-state index in [9.17, 15) is 4.79 Å². The molecule has 0 spiro atoms. The number of hydrogen-bond acceptors (Lipinski definition) is 4. The Hall–Kier alpha value is -2.37. The van der Waals surface area contributed by atoms with Crippen molar-refractivity contribution in [1.29, 1.82) is 0 Å². The molecule has 1 aliphatic heterocycles. The summed E-state index contributed by atoms with van der Waals surface area (Å²) in [7, 11) is 0. The summed E-state index contributed by atoms with van der Waals surface area (Å²) in [6, 6.07) is 11.8. The molecule has 124 valence electrons. The van der Waals surface area contributed by atoms with Crippen LogP contribution in [0.2, 0.25) is 10.0 Å². The molecule has 0 fully saturated rings. The zero-order valence-electron chi connectivity index (χ0n) is 12.4. The molecule has 0 radical (unpaired) electrons. The van der Waals surface area contributed by atoms with E-state index in [1.54, 1.807) is 42.5 Å². The van der Waals surface area contributed by atoms with E-state index in [-0.39, 0.29) is 5.76 Å². The lowest BCUT2D eigenvalue weighted by Crippen LogP contribution is -2.21.